The Bertz CT molecular complexity index is 3030. The first-order valence-corrected chi connectivity index (χ1v) is 19.0. The maximum atomic E-state index is 4.83. The van der Waals surface area contributed by atoms with Crippen LogP contribution in [0.3, 0.4) is 0 Å². The van der Waals surface area contributed by atoms with Gasteiger partial charge in [0, 0.05) is 34.5 Å². The van der Waals surface area contributed by atoms with Crippen molar-refractivity contribution in [2.45, 2.75) is 0 Å². The first kappa shape index (κ1) is 31.9. The summed E-state index contributed by atoms with van der Waals surface area (Å²) in [6, 6.07) is 69.5. The maximum Gasteiger partial charge on any atom is 0.0963 e. The predicted octanol–water partition coefficient (Wildman–Crippen LogP) is 13.3. The van der Waals surface area contributed by atoms with Crippen molar-refractivity contribution in [3.05, 3.63) is 207 Å². The van der Waals surface area contributed by atoms with E-state index in [1.165, 1.54) is 44.5 Å². The van der Waals surface area contributed by atoms with Crippen LogP contribution in [0.4, 0.5) is 0 Å². The highest BCUT2D eigenvalue weighted by Crippen LogP contribution is 2.37. The van der Waals surface area contributed by atoms with Gasteiger partial charge in [-0.25, -0.2) is 0 Å². The van der Waals surface area contributed by atoms with Gasteiger partial charge < -0.3 is 9.13 Å². The first-order chi connectivity index (χ1) is 27.8. The molecule has 0 aliphatic heterocycles. The Morgan fingerprint density at radius 3 is 1.00 bits per heavy atom. The molecule has 56 heavy (non-hydrogen) atoms. The van der Waals surface area contributed by atoms with E-state index in [0.29, 0.717) is 0 Å². The molecule has 0 aliphatic rings. The number of pyridine rings is 2. The van der Waals surface area contributed by atoms with E-state index in [4.69, 9.17) is 9.97 Å². The molecule has 4 aromatic heterocycles. The van der Waals surface area contributed by atoms with Gasteiger partial charge in [0.25, 0.3) is 0 Å². The second kappa shape index (κ2) is 13.1. The van der Waals surface area contributed by atoms with Crippen LogP contribution >= 0.6 is 0 Å². The highest BCUT2D eigenvalue weighted by Gasteiger charge is 2.16. The van der Waals surface area contributed by atoms with Gasteiger partial charge in [0.15, 0.2) is 0 Å². The van der Waals surface area contributed by atoms with Crippen LogP contribution in [0, 0.1) is 0 Å². The summed E-state index contributed by atoms with van der Waals surface area (Å²) in [5.74, 6) is 0. The Labute approximate surface area is 324 Å². The predicted molar refractivity (Wildman–Crippen MR) is 232 cm³/mol. The molecule has 0 atom stereocenters. The summed E-state index contributed by atoms with van der Waals surface area (Å²) in [5.41, 5.74) is 18.2. The van der Waals surface area contributed by atoms with Gasteiger partial charge in [-0.1, -0.05) is 103 Å². The lowest BCUT2D eigenvalue weighted by Gasteiger charge is -2.11. The molecule has 7 aromatic carbocycles. The van der Waals surface area contributed by atoms with Gasteiger partial charge >= 0.3 is 0 Å². The lowest BCUT2D eigenvalue weighted by molar-refractivity contribution is 1.18. The number of hydrogen-bond donors (Lipinski definition) is 0. The highest BCUT2D eigenvalue weighted by molar-refractivity contribution is 6.09. The second-order valence-electron chi connectivity index (χ2n) is 14.3. The van der Waals surface area contributed by atoms with Gasteiger partial charge in [-0.05, 0) is 136 Å². The van der Waals surface area contributed by atoms with Crippen LogP contribution in [0.2, 0.25) is 0 Å². The fraction of sp³-hybridized carbons (Fsp3) is 0. The summed E-state index contributed by atoms with van der Waals surface area (Å²) in [4.78, 5) is 9.66. The minimum absolute atomic E-state index is 1.01. The Hall–Kier alpha value is -7.56. The topological polar surface area (TPSA) is 35.6 Å². The molecule has 0 amide bonds. The minimum Gasteiger partial charge on any atom is -0.308 e. The van der Waals surface area contributed by atoms with Crippen molar-refractivity contribution < 1.29 is 0 Å². The molecular formula is C52H34N4. The molecule has 0 spiro atoms. The van der Waals surface area contributed by atoms with Crippen molar-refractivity contribution in [1.82, 2.24) is 19.1 Å². The number of rotatable bonds is 6. The standard InChI is InChI=1S/C52H34N4/c1-3-18-43(19-4-1)55-47-26-24-41(33-45(47)51-49(55)22-10-28-53-51)39-16-8-14-37(31-39)35-12-7-13-36(30-35)38-15-9-17-40(32-38)42-25-27-48-46(34-42)52-50(23-11-29-54-52)56(48)44-20-5-2-6-21-44/h1-34H. The Balaban J connectivity index is 0.943. The summed E-state index contributed by atoms with van der Waals surface area (Å²) in [5, 5.41) is 2.29. The first-order valence-electron chi connectivity index (χ1n) is 19.0. The van der Waals surface area contributed by atoms with Gasteiger partial charge in [-0.2, -0.15) is 0 Å². The van der Waals surface area contributed by atoms with Crippen molar-refractivity contribution in [3.8, 4) is 55.9 Å². The van der Waals surface area contributed by atoms with E-state index in [0.717, 1.165) is 55.2 Å². The molecule has 262 valence electrons. The van der Waals surface area contributed by atoms with Crippen LogP contribution in [-0.4, -0.2) is 19.1 Å². The molecule has 11 rings (SSSR count). The molecule has 4 nitrogen and oxygen atoms in total. The van der Waals surface area contributed by atoms with Crippen molar-refractivity contribution in [2.24, 2.45) is 0 Å². The summed E-state index contributed by atoms with van der Waals surface area (Å²) in [6.07, 6.45) is 3.77. The summed E-state index contributed by atoms with van der Waals surface area (Å²) < 4.78 is 4.61. The molecule has 0 N–H and O–H groups in total. The van der Waals surface area contributed by atoms with Gasteiger partial charge in [0.1, 0.15) is 0 Å². The molecule has 0 saturated heterocycles. The molecule has 0 fully saturated rings. The Morgan fingerprint density at radius 2 is 0.625 bits per heavy atom. The number of hydrogen-bond acceptors (Lipinski definition) is 2. The number of fused-ring (bicyclic) bond motifs is 6. The molecule has 0 bridgehead atoms. The smallest absolute Gasteiger partial charge is 0.0963 e. The third-order valence-corrected chi connectivity index (χ3v) is 11.0. The van der Waals surface area contributed by atoms with E-state index in [1.807, 2.05) is 24.5 Å². The third-order valence-electron chi connectivity index (χ3n) is 11.0. The molecule has 0 unspecified atom stereocenters. The fourth-order valence-electron chi connectivity index (χ4n) is 8.38. The number of benzene rings is 7. The van der Waals surface area contributed by atoms with Crippen LogP contribution in [0.15, 0.2) is 207 Å². The molecule has 11 aromatic rings. The zero-order valence-corrected chi connectivity index (χ0v) is 30.4. The van der Waals surface area contributed by atoms with Gasteiger partial charge in [-0.15, -0.1) is 0 Å². The van der Waals surface area contributed by atoms with E-state index < -0.39 is 0 Å². The van der Waals surface area contributed by atoms with E-state index in [1.54, 1.807) is 0 Å². The minimum atomic E-state index is 1.01. The van der Waals surface area contributed by atoms with Crippen LogP contribution in [0.5, 0.6) is 0 Å². The van der Waals surface area contributed by atoms with E-state index in [2.05, 4.69) is 191 Å². The third kappa shape index (κ3) is 5.31. The van der Waals surface area contributed by atoms with Crippen LogP contribution in [0.1, 0.15) is 0 Å². The molecular weight excluding hydrogens is 681 g/mol. The van der Waals surface area contributed by atoms with Crippen LogP contribution < -0.4 is 0 Å². The molecule has 0 aliphatic carbocycles. The Morgan fingerprint density at radius 1 is 0.268 bits per heavy atom. The highest BCUT2D eigenvalue weighted by atomic mass is 15.0. The SMILES string of the molecule is c1ccc(-n2c3ccc(-c4cccc(-c5cccc(-c6cccc(-c7ccc8c(c7)c7ncccc7n8-c7ccccc7)c6)c5)c4)cc3c3ncccc32)cc1. The molecule has 4 heteroatoms. The average Bonchev–Trinajstić information content (AvgIpc) is 3.79. The van der Waals surface area contributed by atoms with Crippen molar-refractivity contribution in [3.63, 3.8) is 0 Å². The summed E-state index contributed by atoms with van der Waals surface area (Å²) in [6.45, 7) is 0. The number of nitrogens with zero attached hydrogens (tertiary/aromatic N) is 4. The monoisotopic (exact) mass is 714 g/mol. The molecule has 4 heterocycles. The average molecular weight is 715 g/mol. The molecule has 0 saturated carbocycles. The van der Waals surface area contributed by atoms with Crippen LogP contribution in [0.25, 0.3) is 99.8 Å². The molecule has 0 radical (unpaired) electrons. The number of para-hydroxylation sites is 2. The van der Waals surface area contributed by atoms with Crippen LogP contribution in [-0.2, 0) is 0 Å². The Kier molecular flexibility index (Phi) is 7.46. The van der Waals surface area contributed by atoms with E-state index in [9.17, 15) is 0 Å². The van der Waals surface area contributed by atoms with Gasteiger partial charge in [0.05, 0.1) is 33.1 Å². The zero-order valence-electron chi connectivity index (χ0n) is 30.4. The lowest BCUT2D eigenvalue weighted by Crippen LogP contribution is -1.93. The van der Waals surface area contributed by atoms with E-state index in [-0.39, 0.29) is 0 Å². The maximum absolute atomic E-state index is 4.83. The van der Waals surface area contributed by atoms with Crippen molar-refractivity contribution in [2.75, 3.05) is 0 Å². The van der Waals surface area contributed by atoms with Gasteiger partial charge in [0.2, 0.25) is 0 Å². The summed E-state index contributed by atoms with van der Waals surface area (Å²) in [7, 11) is 0. The lowest BCUT2D eigenvalue weighted by atomic mass is 9.94. The van der Waals surface area contributed by atoms with Gasteiger partial charge in [-0.3, -0.25) is 9.97 Å². The number of aromatic nitrogens is 4. The largest absolute Gasteiger partial charge is 0.308 e. The fourth-order valence-corrected chi connectivity index (χ4v) is 8.38. The zero-order chi connectivity index (χ0) is 37.0. The van der Waals surface area contributed by atoms with E-state index >= 15 is 0 Å². The normalized spacial score (nSPS) is 11.6. The second-order valence-corrected chi connectivity index (χ2v) is 14.3. The van der Waals surface area contributed by atoms with Crippen molar-refractivity contribution in [1.29, 1.82) is 0 Å². The quantitative estimate of drug-likeness (QED) is 0.172. The van der Waals surface area contributed by atoms with Crippen molar-refractivity contribution >= 4 is 43.9 Å². The summed E-state index contributed by atoms with van der Waals surface area (Å²) >= 11 is 0.